The molecule has 0 unspecified atom stereocenters. The van der Waals surface area contributed by atoms with Gasteiger partial charge in [-0.2, -0.15) is 0 Å². The van der Waals surface area contributed by atoms with Gasteiger partial charge in [0.25, 0.3) is 5.91 Å². The fourth-order valence-electron chi connectivity index (χ4n) is 1.94. The zero-order chi connectivity index (χ0) is 13.7. The molecule has 2 N–H and O–H groups in total. The molecule has 2 aromatic rings. The van der Waals surface area contributed by atoms with E-state index in [4.69, 9.17) is 0 Å². The second kappa shape index (κ2) is 6.05. The molecule has 0 aliphatic carbocycles. The van der Waals surface area contributed by atoms with Gasteiger partial charge < -0.3 is 10.4 Å². The summed E-state index contributed by atoms with van der Waals surface area (Å²) in [5.41, 5.74) is 2.73. The molecular formula is C16H17NO2. The van der Waals surface area contributed by atoms with E-state index >= 15 is 0 Å². The van der Waals surface area contributed by atoms with Crippen molar-refractivity contribution in [2.45, 2.75) is 19.9 Å². The predicted octanol–water partition coefficient (Wildman–Crippen LogP) is 2.88. The first-order valence-corrected chi connectivity index (χ1v) is 6.34. The van der Waals surface area contributed by atoms with Gasteiger partial charge in [-0.15, -0.1) is 0 Å². The van der Waals surface area contributed by atoms with Crippen LogP contribution >= 0.6 is 0 Å². The van der Waals surface area contributed by atoms with Gasteiger partial charge in [0, 0.05) is 12.1 Å². The number of phenolic OH excluding ortho intramolecular Hbond substituents is 1. The summed E-state index contributed by atoms with van der Waals surface area (Å²) in [5, 5.41) is 12.1. The number of benzene rings is 2. The molecule has 0 atom stereocenters. The number of hydrogen-bond acceptors (Lipinski definition) is 2. The Morgan fingerprint density at radius 3 is 2.47 bits per heavy atom. The molecule has 3 heteroatoms. The van der Waals surface area contributed by atoms with E-state index < -0.39 is 0 Å². The van der Waals surface area contributed by atoms with Crippen molar-refractivity contribution in [1.82, 2.24) is 5.32 Å². The first kappa shape index (κ1) is 13.1. The number of aryl methyl sites for hydroxylation is 1. The Bertz CT molecular complexity index is 561. The van der Waals surface area contributed by atoms with E-state index in [1.807, 2.05) is 31.2 Å². The number of phenols is 1. The molecular weight excluding hydrogens is 238 g/mol. The van der Waals surface area contributed by atoms with Crippen LogP contribution in [-0.4, -0.2) is 11.0 Å². The zero-order valence-corrected chi connectivity index (χ0v) is 10.9. The summed E-state index contributed by atoms with van der Waals surface area (Å²) < 4.78 is 0. The van der Waals surface area contributed by atoms with Crippen LogP contribution in [0.3, 0.4) is 0 Å². The van der Waals surface area contributed by atoms with Crippen molar-refractivity contribution in [3.8, 4) is 5.75 Å². The first-order chi connectivity index (χ1) is 9.20. The lowest BCUT2D eigenvalue weighted by atomic mass is 10.0. The van der Waals surface area contributed by atoms with Crippen LogP contribution in [0.25, 0.3) is 0 Å². The third kappa shape index (κ3) is 3.35. The van der Waals surface area contributed by atoms with Crippen molar-refractivity contribution in [2.75, 3.05) is 0 Å². The highest BCUT2D eigenvalue weighted by Gasteiger charge is 2.08. The normalized spacial score (nSPS) is 10.2. The summed E-state index contributed by atoms with van der Waals surface area (Å²) in [6.07, 6.45) is 0.836. The Balaban J connectivity index is 2.03. The minimum absolute atomic E-state index is 0.0643. The van der Waals surface area contributed by atoms with Gasteiger partial charge in [-0.25, -0.2) is 0 Å². The molecule has 0 heterocycles. The van der Waals surface area contributed by atoms with Gasteiger partial charge in [0.2, 0.25) is 0 Å². The summed E-state index contributed by atoms with van der Waals surface area (Å²) in [7, 11) is 0. The smallest absolute Gasteiger partial charge is 0.251 e. The molecule has 0 aromatic heterocycles. The molecule has 0 bridgehead atoms. The van der Waals surface area contributed by atoms with Gasteiger partial charge >= 0.3 is 0 Å². The molecule has 0 radical (unpaired) electrons. The zero-order valence-electron chi connectivity index (χ0n) is 10.9. The summed E-state index contributed by atoms with van der Waals surface area (Å²) in [5.74, 6) is 0.164. The van der Waals surface area contributed by atoms with Gasteiger partial charge in [0.1, 0.15) is 5.75 Å². The van der Waals surface area contributed by atoms with Gasteiger partial charge in [0.15, 0.2) is 0 Å². The summed E-state index contributed by atoms with van der Waals surface area (Å²) in [6.45, 7) is 2.49. The molecule has 2 aromatic carbocycles. The Labute approximate surface area is 112 Å². The maximum atomic E-state index is 12.1. The van der Waals surface area contributed by atoms with E-state index in [2.05, 4.69) is 5.32 Å². The second-order valence-electron chi connectivity index (χ2n) is 4.36. The first-order valence-electron chi connectivity index (χ1n) is 6.34. The number of nitrogens with one attached hydrogen (secondary N) is 1. The van der Waals surface area contributed by atoms with Crippen molar-refractivity contribution >= 4 is 5.91 Å². The average molecular weight is 255 g/mol. The SMILES string of the molecule is CCc1ccccc1C(=O)NCc1ccc(O)cc1. The third-order valence-corrected chi connectivity index (χ3v) is 3.03. The van der Waals surface area contributed by atoms with Gasteiger partial charge in [-0.05, 0) is 35.7 Å². The molecule has 0 saturated carbocycles. The lowest BCUT2D eigenvalue weighted by molar-refractivity contribution is 0.0950. The molecule has 0 spiro atoms. The number of aromatic hydroxyl groups is 1. The van der Waals surface area contributed by atoms with Gasteiger partial charge in [-0.3, -0.25) is 4.79 Å². The third-order valence-electron chi connectivity index (χ3n) is 3.03. The van der Waals surface area contributed by atoms with Crippen molar-refractivity contribution < 1.29 is 9.90 Å². The Morgan fingerprint density at radius 2 is 1.79 bits per heavy atom. The van der Waals surface area contributed by atoms with Crippen LogP contribution in [0.4, 0.5) is 0 Å². The highest BCUT2D eigenvalue weighted by Crippen LogP contribution is 2.11. The largest absolute Gasteiger partial charge is 0.508 e. The molecule has 98 valence electrons. The van der Waals surface area contributed by atoms with Gasteiger partial charge in [-0.1, -0.05) is 37.3 Å². The van der Waals surface area contributed by atoms with Gasteiger partial charge in [0.05, 0.1) is 0 Å². The van der Waals surface area contributed by atoms with E-state index in [-0.39, 0.29) is 11.7 Å². The van der Waals surface area contributed by atoms with E-state index in [9.17, 15) is 9.90 Å². The lowest BCUT2D eigenvalue weighted by Gasteiger charge is -2.09. The van der Waals surface area contributed by atoms with Crippen molar-refractivity contribution in [3.63, 3.8) is 0 Å². The van der Waals surface area contributed by atoms with E-state index in [1.165, 1.54) is 0 Å². The number of carbonyl (C=O) groups excluding carboxylic acids is 1. The minimum Gasteiger partial charge on any atom is -0.508 e. The van der Waals surface area contributed by atoms with Crippen LogP contribution < -0.4 is 5.32 Å². The highest BCUT2D eigenvalue weighted by molar-refractivity contribution is 5.95. The van der Waals surface area contributed by atoms with Crippen LogP contribution in [-0.2, 0) is 13.0 Å². The minimum atomic E-state index is -0.0643. The van der Waals surface area contributed by atoms with Crippen LogP contribution in [0.2, 0.25) is 0 Å². The number of carbonyl (C=O) groups is 1. The van der Waals surface area contributed by atoms with E-state index in [0.29, 0.717) is 6.54 Å². The molecule has 0 aliphatic rings. The van der Waals surface area contributed by atoms with Crippen molar-refractivity contribution in [1.29, 1.82) is 0 Å². The molecule has 3 nitrogen and oxygen atoms in total. The molecule has 2 rings (SSSR count). The fraction of sp³-hybridized carbons (Fsp3) is 0.188. The van der Waals surface area contributed by atoms with Crippen LogP contribution in [0.5, 0.6) is 5.75 Å². The second-order valence-corrected chi connectivity index (χ2v) is 4.36. The monoisotopic (exact) mass is 255 g/mol. The molecule has 0 fully saturated rings. The average Bonchev–Trinajstić information content (AvgIpc) is 2.46. The highest BCUT2D eigenvalue weighted by atomic mass is 16.3. The van der Waals surface area contributed by atoms with Crippen LogP contribution in [0.1, 0.15) is 28.4 Å². The lowest BCUT2D eigenvalue weighted by Crippen LogP contribution is -2.23. The maximum absolute atomic E-state index is 12.1. The number of hydrogen-bond donors (Lipinski definition) is 2. The molecule has 1 amide bonds. The topological polar surface area (TPSA) is 49.3 Å². The number of rotatable bonds is 4. The quantitative estimate of drug-likeness (QED) is 0.882. The van der Waals surface area contributed by atoms with E-state index in [0.717, 1.165) is 23.1 Å². The van der Waals surface area contributed by atoms with Crippen molar-refractivity contribution in [3.05, 3.63) is 65.2 Å². The van der Waals surface area contributed by atoms with Crippen LogP contribution in [0.15, 0.2) is 48.5 Å². The Hall–Kier alpha value is -2.29. The predicted molar refractivity (Wildman–Crippen MR) is 75.1 cm³/mol. The summed E-state index contributed by atoms with van der Waals surface area (Å²) in [6, 6.07) is 14.4. The summed E-state index contributed by atoms with van der Waals surface area (Å²) >= 11 is 0. The summed E-state index contributed by atoms with van der Waals surface area (Å²) in [4.78, 5) is 12.1. The standard InChI is InChI=1S/C16H17NO2/c1-2-13-5-3-4-6-15(13)16(19)17-11-12-7-9-14(18)10-8-12/h3-10,18H,2,11H2,1H3,(H,17,19). The Kier molecular flexibility index (Phi) is 4.18. The van der Waals surface area contributed by atoms with Crippen molar-refractivity contribution in [2.24, 2.45) is 0 Å². The molecule has 19 heavy (non-hydrogen) atoms. The molecule has 0 saturated heterocycles. The van der Waals surface area contributed by atoms with E-state index in [1.54, 1.807) is 24.3 Å². The fourth-order valence-corrected chi connectivity index (χ4v) is 1.94. The Morgan fingerprint density at radius 1 is 1.11 bits per heavy atom. The number of amides is 1. The maximum Gasteiger partial charge on any atom is 0.251 e. The molecule has 0 aliphatic heterocycles. The van der Waals surface area contributed by atoms with Crippen LogP contribution in [0, 0.1) is 0 Å².